The summed E-state index contributed by atoms with van der Waals surface area (Å²) in [6.45, 7) is 6.24. The van der Waals surface area contributed by atoms with Gasteiger partial charge in [0.25, 0.3) is 0 Å². The Morgan fingerprint density at radius 1 is 1.20 bits per heavy atom. The second-order valence-corrected chi connectivity index (χ2v) is 12.8. The van der Waals surface area contributed by atoms with Gasteiger partial charge in [0.1, 0.15) is 24.4 Å². The molecule has 7 rings (SSSR count). The van der Waals surface area contributed by atoms with Crippen LogP contribution in [0.2, 0.25) is 0 Å². The highest BCUT2D eigenvalue weighted by Crippen LogP contribution is 2.41. The number of thiophene rings is 1. The quantitative estimate of drug-likeness (QED) is 0.246. The van der Waals surface area contributed by atoms with E-state index in [0.29, 0.717) is 54.9 Å². The number of hydrogen-bond donors (Lipinski definition) is 0. The maximum absolute atomic E-state index is 16.0. The maximum atomic E-state index is 16.0. The number of benzene rings is 2. The van der Waals surface area contributed by atoms with Crippen LogP contribution < -0.4 is 9.64 Å². The molecule has 8 nitrogen and oxygen atoms in total. The molecule has 2 aromatic carbocycles. The molecule has 0 aliphatic carbocycles. The third-order valence-corrected chi connectivity index (χ3v) is 10.3. The number of nitrogens with zero attached hydrogens (tertiary/aromatic N) is 6. The molecule has 3 fully saturated rings. The van der Waals surface area contributed by atoms with Crippen LogP contribution in [0.3, 0.4) is 0 Å². The van der Waals surface area contributed by atoms with Gasteiger partial charge in [0.05, 0.1) is 29.6 Å². The fraction of sp³-hybridized carbons (Fsp3) is 0.394. The van der Waals surface area contributed by atoms with Gasteiger partial charge < -0.3 is 14.5 Å². The van der Waals surface area contributed by atoms with E-state index in [-0.39, 0.29) is 36.5 Å². The number of ether oxygens (including phenoxy) is 1. The number of aromatic nitrogens is 2. The lowest BCUT2D eigenvalue weighted by Crippen LogP contribution is -2.55. The van der Waals surface area contributed by atoms with Crippen molar-refractivity contribution in [3.63, 3.8) is 0 Å². The van der Waals surface area contributed by atoms with E-state index in [1.807, 2.05) is 34.5 Å². The van der Waals surface area contributed by atoms with E-state index in [1.165, 1.54) is 12.1 Å². The van der Waals surface area contributed by atoms with Gasteiger partial charge in [-0.2, -0.15) is 15.2 Å². The topological polar surface area (TPSA) is 85.6 Å². The summed E-state index contributed by atoms with van der Waals surface area (Å²) >= 11 is 1.56. The summed E-state index contributed by atoms with van der Waals surface area (Å²) in [5, 5.41) is 13.1. The van der Waals surface area contributed by atoms with Crippen LogP contribution in [-0.2, 0) is 4.79 Å². The molecule has 0 spiro atoms. The lowest BCUT2D eigenvalue weighted by atomic mass is 9.95. The molecule has 226 valence electrons. The molecule has 1 unspecified atom stereocenters. The normalized spacial score (nSPS) is 23.7. The Morgan fingerprint density at radius 3 is 2.93 bits per heavy atom. The van der Waals surface area contributed by atoms with Gasteiger partial charge in [-0.15, -0.1) is 11.3 Å². The first kappa shape index (κ1) is 28.6. The monoisotopic (exact) mass is 614 g/mol. The zero-order chi connectivity index (χ0) is 30.4. The van der Waals surface area contributed by atoms with Crippen molar-refractivity contribution in [3.05, 3.63) is 60.3 Å². The Hall–Kier alpha value is -4.14. The number of piperazine rings is 1. The highest BCUT2D eigenvalue weighted by Gasteiger charge is 2.49. The minimum absolute atomic E-state index is 0.133. The Balaban J connectivity index is 1.31. The Bertz CT molecular complexity index is 1810. The fourth-order valence-electron chi connectivity index (χ4n) is 7.21. The number of nitriles is 1. The van der Waals surface area contributed by atoms with Gasteiger partial charge in [0, 0.05) is 53.8 Å². The van der Waals surface area contributed by atoms with Gasteiger partial charge in [-0.1, -0.05) is 24.8 Å². The molecule has 3 saturated heterocycles. The van der Waals surface area contributed by atoms with Crippen LogP contribution in [0.5, 0.6) is 6.01 Å². The van der Waals surface area contributed by atoms with Crippen LogP contribution in [-0.4, -0.2) is 82.8 Å². The second-order valence-electron chi connectivity index (χ2n) is 11.9. The molecule has 0 radical (unpaired) electrons. The van der Waals surface area contributed by atoms with E-state index < -0.39 is 12.0 Å². The molecule has 3 atom stereocenters. The first-order valence-electron chi connectivity index (χ1n) is 14.9. The van der Waals surface area contributed by atoms with Crippen molar-refractivity contribution < 1.29 is 18.3 Å². The number of rotatable bonds is 7. The fourth-order valence-corrected chi connectivity index (χ4v) is 8.14. The Labute approximate surface area is 258 Å². The molecule has 3 aliphatic heterocycles. The van der Waals surface area contributed by atoms with Crippen LogP contribution in [0.15, 0.2) is 54.4 Å². The summed E-state index contributed by atoms with van der Waals surface area (Å²) in [5.74, 6) is -0.150. The summed E-state index contributed by atoms with van der Waals surface area (Å²) in [6, 6.07) is 13.0. The maximum Gasteiger partial charge on any atom is 0.319 e. The van der Waals surface area contributed by atoms with Crippen molar-refractivity contribution in [3.8, 4) is 23.2 Å². The number of carbonyl (C=O) groups is 1. The van der Waals surface area contributed by atoms with Crippen LogP contribution in [0, 0.1) is 17.1 Å². The predicted molar refractivity (Wildman–Crippen MR) is 167 cm³/mol. The summed E-state index contributed by atoms with van der Waals surface area (Å²) in [4.78, 5) is 27.9. The van der Waals surface area contributed by atoms with E-state index in [4.69, 9.17) is 14.7 Å². The third kappa shape index (κ3) is 4.96. The molecular weight excluding hydrogens is 582 g/mol. The number of fused-ring (bicyclic) bond motifs is 3. The highest BCUT2D eigenvalue weighted by atomic mass is 32.1. The lowest BCUT2D eigenvalue weighted by molar-refractivity contribution is -0.128. The van der Waals surface area contributed by atoms with Gasteiger partial charge >= 0.3 is 6.01 Å². The summed E-state index contributed by atoms with van der Waals surface area (Å²) in [5.41, 5.74) is 1.36. The van der Waals surface area contributed by atoms with Gasteiger partial charge in [0.15, 0.2) is 0 Å². The Morgan fingerprint density at radius 2 is 2.09 bits per heavy atom. The van der Waals surface area contributed by atoms with Crippen molar-refractivity contribution in [1.82, 2.24) is 19.8 Å². The average Bonchev–Trinajstić information content (AvgIpc) is 3.73. The number of carbonyl (C=O) groups excluding carboxylic acids is 1. The molecular formula is C33H32F2N6O2S. The van der Waals surface area contributed by atoms with Crippen molar-refractivity contribution >= 4 is 44.1 Å². The molecule has 1 amide bonds. The standard InChI is InChI=1S/C33H32F2N6O2S/c1-2-29(42)41-13-12-39(19-23(41)7-10-36)31-26-15-27(35)25(24-6-3-5-21-8-14-44-30(21)24)16-28(26)37-32(38-31)43-20-33-9-4-11-40(33)18-22(34)17-33/h2-3,5-6,8,14-16,22-23H,1,4,7,9,11-13,17-20H2/t22-,23+,33?/m1/s1. The number of anilines is 1. The van der Waals surface area contributed by atoms with Gasteiger partial charge in [0.2, 0.25) is 5.91 Å². The highest BCUT2D eigenvalue weighted by molar-refractivity contribution is 7.17. The van der Waals surface area contributed by atoms with Crippen LogP contribution >= 0.6 is 11.3 Å². The minimum Gasteiger partial charge on any atom is -0.461 e. The van der Waals surface area contributed by atoms with Crippen molar-refractivity contribution in [2.24, 2.45) is 0 Å². The van der Waals surface area contributed by atoms with E-state index in [1.54, 1.807) is 22.3 Å². The molecule has 0 saturated carbocycles. The van der Waals surface area contributed by atoms with Gasteiger partial charge in [-0.05, 0) is 54.4 Å². The van der Waals surface area contributed by atoms with E-state index >= 15 is 4.39 Å². The van der Waals surface area contributed by atoms with Crippen LogP contribution in [0.4, 0.5) is 14.6 Å². The number of alkyl halides is 1. The smallest absolute Gasteiger partial charge is 0.319 e. The molecule has 0 bridgehead atoms. The van der Waals surface area contributed by atoms with E-state index in [0.717, 1.165) is 35.0 Å². The Kier molecular flexibility index (Phi) is 7.42. The third-order valence-electron chi connectivity index (χ3n) is 9.31. The predicted octanol–water partition coefficient (Wildman–Crippen LogP) is 5.72. The molecule has 3 aliphatic rings. The average molecular weight is 615 g/mol. The molecule has 5 heterocycles. The SMILES string of the molecule is C=CC(=O)N1CCN(c2nc(OCC34CCCN3C[C@H](F)C4)nc3cc(-c4cccc5ccsc45)c(F)cc23)C[C@@H]1CC#N. The molecule has 44 heavy (non-hydrogen) atoms. The largest absolute Gasteiger partial charge is 0.461 e. The van der Waals surface area contributed by atoms with Gasteiger partial charge in [-0.25, -0.2) is 8.78 Å². The zero-order valence-corrected chi connectivity index (χ0v) is 25.0. The number of hydrogen-bond acceptors (Lipinski definition) is 8. The molecule has 0 N–H and O–H groups in total. The number of amides is 1. The van der Waals surface area contributed by atoms with Crippen LogP contribution in [0.1, 0.15) is 25.7 Å². The second kappa shape index (κ2) is 11.4. The summed E-state index contributed by atoms with van der Waals surface area (Å²) < 4.78 is 37.7. The van der Waals surface area contributed by atoms with Gasteiger partial charge in [-0.3, -0.25) is 9.69 Å². The van der Waals surface area contributed by atoms with E-state index in [9.17, 15) is 14.4 Å². The zero-order valence-electron chi connectivity index (χ0n) is 24.2. The molecule has 2 aromatic heterocycles. The number of halogens is 2. The summed E-state index contributed by atoms with van der Waals surface area (Å²) in [7, 11) is 0. The van der Waals surface area contributed by atoms with Crippen LogP contribution in [0.25, 0.3) is 32.1 Å². The summed E-state index contributed by atoms with van der Waals surface area (Å²) in [6.07, 6.45) is 2.77. The first-order valence-corrected chi connectivity index (χ1v) is 15.8. The lowest BCUT2D eigenvalue weighted by Gasteiger charge is -2.41. The van der Waals surface area contributed by atoms with E-state index in [2.05, 4.69) is 17.5 Å². The van der Waals surface area contributed by atoms with Crippen molar-refractivity contribution in [2.45, 2.75) is 43.4 Å². The van der Waals surface area contributed by atoms with Crippen molar-refractivity contribution in [2.75, 3.05) is 44.2 Å². The minimum atomic E-state index is -0.885. The molecule has 4 aromatic rings. The van der Waals surface area contributed by atoms with Crippen molar-refractivity contribution in [1.29, 1.82) is 5.26 Å². The molecule has 11 heteroatoms. The first-order chi connectivity index (χ1) is 21.4.